The van der Waals surface area contributed by atoms with E-state index in [0.717, 1.165) is 54.6 Å². The number of H-pyrrole nitrogens is 1. The third-order valence-corrected chi connectivity index (χ3v) is 6.17. The van der Waals surface area contributed by atoms with Crippen LogP contribution in [0.15, 0.2) is 42.5 Å². The maximum atomic E-state index is 13.7. The molecular weight excluding hydrogens is 369 g/mol. The van der Waals surface area contributed by atoms with E-state index in [2.05, 4.69) is 15.6 Å². The van der Waals surface area contributed by atoms with Crippen molar-refractivity contribution in [3.05, 3.63) is 65.1 Å². The largest absolute Gasteiger partial charge is 0.487 e. The van der Waals surface area contributed by atoms with Crippen molar-refractivity contribution in [3.63, 3.8) is 0 Å². The van der Waals surface area contributed by atoms with Crippen molar-refractivity contribution in [2.24, 2.45) is 0 Å². The highest BCUT2D eigenvalue weighted by Crippen LogP contribution is 2.43. The molecule has 1 atom stereocenters. The number of carbonyl (C=O) groups is 1. The Kier molecular flexibility index (Phi) is 4.32. The number of amides is 1. The second-order valence-electron chi connectivity index (χ2n) is 8.17. The summed E-state index contributed by atoms with van der Waals surface area (Å²) >= 11 is 0. The van der Waals surface area contributed by atoms with Gasteiger partial charge in [-0.3, -0.25) is 4.79 Å². The van der Waals surface area contributed by atoms with E-state index in [1.54, 1.807) is 6.07 Å². The molecule has 2 aliphatic rings. The van der Waals surface area contributed by atoms with Gasteiger partial charge < -0.3 is 20.4 Å². The van der Waals surface area contributed by atoms with Gasteiger partial charge in [0.1, 0.15) is 22.9 Å². The Morgan fingerprint density at radius 1 is 1.21 bits per heavy atom. The molecule has 0 bridgehead atoms. The van der Waals surface area contributed by atoms with Crippen LogP contribution < -0.4 is 15.4 Å². The van der Waals surface area contributed by atoms with Gasteiger partial charge in [-0.15, -0.1) is 0 Å². The van der Waals surface area contributed by atoms with Crippen LogP contribution in [0.5, 0.6) is 5.75 Å². The van der Waals surface area contributed by atoms with E-state index >= 15 is 0 Å². The van der Waals surface area contributed by atoms with Crippen LogP contribution in [0, 0.1) is 12.7 Å². The number of fused-ring (bicyclic) bond motifs is 2. The molecule has 1 spiro atoms. The minimum atomic E-state index is -0.310. The lowest BCUT2D eigenvalue weighted by Crippen LogP contribution is -2.51. The Bertz CT molecular complexity index is 1080. The summed E-state index contributed by atoms with van der Waals surface area (Å²) in [5.41, 5.74) is 2.63. The molecule has 0 saturated carbocycles. The number of hydrogen-bond donors (Lipinski definition) is 3. The van der Waals surface area contributed by atoms with Crippen molar-refractivity contribution in [3.8, 4) is 5.75 Å². The first-order valence-electron chi connectivity index (χ1n) is 10.1. The van der Waals surface area contributed by atoms with Crippen molar-refractivity contribution in [2.75, 3.05) is 13.1 Å². The van der Waals surface area contributed by atoms with Gasteiger partial charge in [-0.2, -0.15) is 0 Å². The molecule has 2 aromatic carbocycles. The maximum Gasteiger partial charge on any atom is 0.268 e. The molecule has 3 aromatic rings. The number of halogens is 1. The zero-order chi connectivity index (χ0) is 20.0. The summed E-state index contributed by atoms with van der Waals surface area (Å²) in [5, 5.41) is 7.44. The molecule has 3 N–H and O–H groups in total. The number of para-hydroxylation sites is 1. The van der Waals surface area contributed by atoms with Gasteiger partial charge in [0.25, 0.3) is 5.91 Å². The first kappa shape index (κ1) is 18.2. The lowest BCUT2D eigenvalue weighted by molar-refractivity contribution is 0.00362. The van der Waals surface area contributed by atoms with Crippen LogP contribution in [-0.2, 0) is 0 Å². The molecule has 5 nitrogen and oxygen atoms in total. The number of rotatable bonds is 2. The fraction of sp³-hybridized carbons (Fsp3) is 0.348. The monoisotopic (exact) mass is 393 g/mol. The van der Waals surface area contributed by atoms with Gasteiger partial charge in [-0.05, 0) is 62.7 Å². The molecule has 5 rings (SSSR count). The van der Waals surface area contributed by atoms with Crippen LogP contribution in [-0.4, -0.2) is 29.6 Å². The number of piperidine rings is 1. The average molecular weight is 393 g/mol. The minimum Gasteiger partial charge on any atom is -0.487 e. The first-order chi connectivity index (χ1) is 14.0. The molecule has 0 radical (unpaired) electrons. The zero-order valence-corrected chi connectivity index (χ0v) is 16.3. The number of benzene rings is 2. The Balaban J connectivity index is 1.45. The van der Waals surface area contributed by atoms with E-state index in [0.29, 0.717) is 11.2 Å². The minimum absolute atomic E-state index is 0.130. The van der Waals surface area contributed by atoms with Gasteiger partial charge in [0, 0.05) is 22.9 Å². The number of aryl methyl sites for hydroxylation is 1. The fourth-order valence-electron chi connectivity index (χ4n) is 4.67. The van der Waals surface area contributed by atoms with E-state index in [-0.39, 0.29) is 23.4 Å². The lowest BCUT2D eigenvalue weighted by atomic mass is 9.81. The van der Waals surface area contributed by atoms with Crippen molar-refractivity contribution in [1.29, 1.82) is 0 Å². The summed E-state index contributed by atoms with van der Waals surface area (Å²) in [5.74, 6) is 0.349. The molecule has 3 heterocycles. The third-order valence-electron chi connectivity index (χ3n) is 6.17. The standard InChI is InChI=1S/C23H24FN3O2/c1-14-10-15(24)11-18-17(14)12-19(26-18)22(28)27-20-13-23(6-8-25-9-7-23)29-21-5-3-2-4-16(20)21/h2-5,10-12,20,25-26H,6-9,13H2,1H3,(H,27,28). The molecule has 2 aliphatic heterocycles. The van der Waals surface area contributed by atoms with Crippen LogP contribution in [0.1, 0.15) is 46.9 Å². The molecule has 29 heavy (non-hydrogen) atoms. The summed E-state index contributed by atoms with van der Waals surface area (Å²) in [4.78, 5) is 16.1. The quantitative estimate of drug-likeness (QED) is 0.617. The predicted molar refractivity (Wildman–Crippen MR) is 110 cm³/mol. The van der Waals surface area contributed by atoms with Crippen LogP contribution in [0.4, 0.5) is 4.39 Å². The fourth-order valence-corrected chi connectivity index (χ4v) is 4.67. The third kappa shape index (κ3) is 3.27. The summed E-state index contributed by atoms with van der Waals surface area (Å²) in [6.07, 6.45) is 2.57. The molecule has 1 fully saturated rings. The van der Waals surface area contributed by atoms with Gasteiger partial charge in [-0.25, -0.2) is 4.39 Å². The Hall–Kier alpha value is -2.86. The van der Waals surface area contributed by atoms with E-state index in [1.807, 2.05) is 31.2 Å². The zero-order valence-electron chi connectivity index (χ0n) is 16.3. The lowest BCUT2D eigenvalue weighted by Gasteiger charge is -2.44. The normalized spacial score (nSPS) is 20.3. The summed E-state index contributed by atoms with van der Waals surface area (Å²) in [6.45, 7) is 3.67. The number of nitrogens with one attached hydrogen (secondary N) is 3. The van der Waals surface area contributed by atoms with Gasteiger partial charge >= 0.3 is 0 Å². The summed E-state index contributed by atoms with van der Waals surface area (Å²) in [7, 11) is 0. The predicted octanol–water partition coefficient (Wildman–Crippen LogP) is 3.99. The molecule has 1 amide bonds. The SMILES string of the molecule is Cc1cc(F)cc2[nH]c(C(=O)NC3CC4(CCNCC4)Oc4ccccc43)cc12. The smallest absolute Gasteiger partial charge is 0.268 e. The first-order valence-corrected chi connectivity index (χ1v) is 10.1. The number of aromatic nitrogens is 1. The molecule has 1 saturated heterocycles. The van der Waals surface area contributed by atoms with E-state index in [1.165, 1.54) is 12.1 Å². The van der Waals surface area contributed by atoms with Crippen LogP contribution in [0.3, 0.4) is 0 Å². The number of ether oxygens (including phenoxy) is 1. The topological polar surface area (TPSA) is 66.2 Å². The van der Waals surface area contributed by atoms with Crippen molar-refractivity contribution >= 4 is 16.8 Å². The van der Waals surface area contributed by atoms with Gasteiger partial charge in [0.2, 0.25) is 0 Å². The Labute approximate surface area is 168 Å². The Morgan fingerprint density at radius 3 is 2.83 bits per heavy atom. The number of aromatic amines is 1. The van der Waals surface area contributed by atoms with Gasteiger partial charge in [0.15, 0.2) is 0 Å². The van der Waals surface area contributed by atoms with Crippen molar-refractivity contribution in [2.45, 2.75) is 37.8 Å². The highest BCUT2D eigenvalue weighted by Gasteiger charge is 2.42. The van der Waals surface area contributed by atoms with Crippen molar-refractivity contribution in [1.82, 2.24) is 15.6 Å². The van der Waals surface area contributed by atoms with E-state index in [9.17, 15) is 9.18 Å². The average Bonchev–Trinajstić information content (AvgIpc) is 3.13. The number of carbonyl (C=O) groups excluding carboxylic acids is 1. The number of hydrogen-bond acceptors (Lipinski definition) is 3. The summed E-state index contributed by atoms with van der Waals surface area (Å²) in [6, 6.07) is 12.5. The molecule has 150 valence electrons. The highest BCUT2D eigenvalue weighted by molar-refractivity contribution is 5.99. The molecule has 1 unspecified atom stereocenters. The van der Waals surface area contributed by atoms with Gasteiger partial charge in [0.05, 0.1) is 6.04 Å². The molecule has 6 heteroatoms. The van der Waals surface area contributed by atoms with E-state index < -0.39 is 0 Å². The second kappa shape index (κ2) is 6.88. The molecular formula is C23H24FN3O2. The van der Waals surface area contributed by atoms with Crippen LogP contribution in [0.25, 0.3) is 10.9 Å². The van der Waals surface area contributed by atoms with Gasteiger partial charge in [-0.1, -0.05) is 18.2 Å². The Morgan fingerprint density at radius 2 is 2.00 bits per heavy atom. The highest BCUT2D eigenvalue weighted by atomic mass is 19.1. The van der Waals surface area contributed by atoms with Crippen LogP contribution in [0.2, 0.25) is 0 Å². The van der Waals surface area contributed by atoms with Crippen LogP contribution >= 0.6 is 0 Å². The summed E-state index contributed by atoms with van der Waals surface area (Å²) < 4.78 is 20.1. The van der Waals surface area contributed by atoms with Crippen molar-refractivity contribution < 1.29 is 13.9 Å². The molecule has 0 aliphatic carbocycles. The van der Waals surface area contributed by atoms with E-state index in [4.69, 9.17) is 4.74 Å². The second-order valence-corrected chi connectivity index (χ2v) is 8.17. The molecule has 1 aromatic heterocycles. The maximum absolute atomic E-state index is 13.7.